The molecule has 16 heavy (non-hydrogen) atoms. The molecule has 0 aliphatic heterocycles. The maximum Gasteiger partial charge on any atom is 0.242 e. The van der Waals surface area contributed by atoms with Gasteiger partial charge in [-0.3, -0.25) is 4.79 Å². The summed E-state index contributed by atoms with van der Waals surface area (Å²) in [6.07, 6.45) is 5.34. The molecular formula is C12H13IN2O. The van der Waals surface area contributed by atoms with E-state index in [9.17, 15) is 4.79 Å². The Kier molecular flexibility index (Phi) is 4.77. The predicted molar refractivity (Wildman–Crippen MR) is 74.0 cm³/mol. The van der Waals surface area contributed by atoms with E-state index in [0.717, 1.165) is 14.8 Å². The summed E-state index contributed by atoms with van der Waals surface area (Å²) in [5.41, 5.74) is 7.38. The molecule has 1 unspecified atom stereocenters. The van der Waals surface area contributed by atoms with Gasteiger partial charge in [0.15, 0.2) is 0 Å². The smallest absolute Gasteiger partial charge is 0.242 e. The number of aryl methyl sites for hydroxylation is 1. The van der Waals surface area contributed by atoms with Crippen LogP contribution in [0.5, 0.6) is 0 Å². The monoisotopic (exact) mass is 328 g/mol. The highest BCUT2D eigenvalue weighted by molar-refractivity contribution is 14.1. The first-order valence-electron chi connectivity index (χ1n) is 4.80. The molecule has 3 N–H and O–H groups in total. The quantitative estimate of drug-likeness (QED) is 0.658. The van der Waals surface area contributed by atoms with Crippen LogP contribution < -0.4 is 11.1 Å². The van der Waals surface area contributed by atoms with E-state index in [-0.39, 0.29) is 12.3 Å². The fraction of sp³-hybridized carbons (Fsp3) is 0.250. The molecule has 0 saturated carbocycles. The number of amides is 1. The summed E-state index contributed by atoms with van der Waals surface area (Å²) in [6, 6.07) is 5.12. The number of anilines is 1. The number of halogens is 1. The van der Waals surface area contributed by atoms with Gasteiger partial charge in [0.1, 0.15) is 0 Å². The molecule has 1 amide bonds. The largest absolute Gasteiger partial charge is 0.324 e. The van der Waals surface area contributed by atoms with Gasteiger partial charge >= 0.3 is 0 Å². The zero-order valence-electron chi connectivity index (χ0n) is 8.96. The first-order chi connectivity index (χ1) is 7.54. The number of carbonyl (C=O) groups is 1. The molecule has 1 rings (SSSR count). The lowest BCUT2D eigenvalue weighted by atomic mass is 10.1. The molecule has 0 saturated heterocycles. The second kappa shape index (κ2) is 5.87. The van der Waals surface area contributed by atoms with Crippen LogP contribution >= 0.6 is 22.6 Å². The first-order valence-corrected chi connectivity index (χ1v) is 5.88. The number of terminal acetylenes is 1. The molecule has 1 aromatic rings. The zero-order chi connectivity index (χ0) is 12.1. The Bertz CT molecular complexity index is 437. The Morgan fingerprint density at radius 1 is 1.69 bits per heavy atom. The summed E-state index contributed by atoms with van der Waals surface area (Å²) in [5, 5.41) is 2.76. The molecule has 0 heterocycles. The van der Waals surface area contributed by atoms with Crippen LogP contribution in [0.4, 0.5) is 5.69 Å². The maximum absolute atomic E-state index is 11.6. The van der Waals surface area contributed by atoms with Gasteiger partial charge in [0.25, 0.3) is 0 Å². The number of rotatable bonds is 3. The Hall–Kier alpha value is -1.06. The maximum atomic E-state index is 11.6. The van der Waals surface area contributed by atoms with Gasteiger partial charge in [0, 0.05) is 15.7 Å². The standard InChI is InChI=1S/C12H13IN2O/c1-3-4-10(14)12(16)15-11-6-5-9(13)7-8(11)2/h1,5-7,10H,4,14H2,2H3,(H,15,16). The van der Waals surface area contributed by atoms with Gasteiger partial charge in [-0.1, -0.05) is 0 Å². The molecule has 84 valence electrons. The summed E-state index contributed by atoms with van der Waals surface area (Å²) in [5.74, 6) is 2.12. The van der Waals surface area contributed by atoms with Crippen molar-refractivity contribution >= 4 is 34.2 Å². The Morgan fingerprint density at radius 2 is 2.38 bits per heavy atom. The van der Waals surface area contributed by atoms with Crippen molar-refractivity contribution < 1.29 is 4.79 Å². The van der Waals surface area contributed by atoms with E-state index < -0.39 is 6.04 Å². The summed E-state index contributed by atoms with van der Waals surface area (Å²) < 4.78 is 1.13. The van der Waals surface area contributed by atoms with Crippen LogP contribution in [-0.4, -0.2) is 11.9 Å². The minimum absolute atomic E-state index is 0.245. The third kappa shape index (κ3) is 3.51. The van der Waals surface area contributed by atoms with Crippen LogP contribution in [0, 0.1) is 22.8 Å². The lowest BCUT2D eigenvalue weighted by molar-refractivity contribution is -0.117. The van der Waals surface area contributed by atoms with Crippen molar-refractivity contribution in [2.75, 3.05) is 5.32 Å². The highest BCUT2D eigenvalue weighted by Gasteiger charge is 2.12. The Balaban J connectivity index is 2.74. The molecule has 4 heteroatoms. The minimum atomic E-state index is -0.649. The van der Waals surface area contributed by atoms with Crippen LogP contribution in [-0.2, 0) is 4.79 Å². The number of nitrogens with one attached hydrogen (secondary N) is 1. The van der Waals surface area contributed by atoms with Crippen molar-refractivity contribution in [3.63, 3.8) is 0 Å². The molecule has 0 aliphatic rings. The zero-order valence-corrected chi connectivity index (χ0v) is 11.1. The number of nitrogens with two attached hydrogens (primary N) is 1. The van der Waals surface area contributed by atoms with Crippen LogP contribution in [0.15, 0.2) is 18.2 Å². The molecule has 1 aromatic carbocycles. The van der Waals surface area contributed by atoms with E-state index in [0.29, 0.717) is 0 Å². The second-order valence-corrected chi connectivity index (χ2v) is 4.71. The van der Waals surface area contributed by atoms with Crippen LogP contribution in [0.1, 0.15) is 12.0 Å². The van der Waals surface area contributed by atoms with Crippen LogP contribution in [0.25, 0.3) is 0 Å². The van der Waals surface area contributed by atoms with E-state index in [1.165, 1.54) is 0 Å². The van der Waals surface area contributed by atoms with Crippen molar-refractivity contribution in [2.24, 2.45) is 5.73 Å². The van der Waals surface area contributed by atoms with Gasteiger partial charge in [-0.25, -0.2) is 0 Å². The summed E-state index contributed by atoms with van der Waals surface area (Å²) in [7, 11) is 0. The molecule has 3 nitrogen and oxygen atoms in total. The summed E-state index contributed by atoms with van der Waals surface area (Å²) in [4.78, 5) is 11.6. The van der Waals surface area contributed by atoms with Crippen molar-refractivity contribution in [3.05, 3.63) is 27.3 Å². The Labute approximate surface area is 109 Å². The fourth-order valence-electron chi connectivity index (χ4n) is 1.21. The SMILES string of the molecule is C#CCC(N)C(=O)Nc1ccc(I)cc1C. The van der Waals surface area contributed by atoms with Gasteiger partial charge in [0.2, 0.25) is 5.91 Å². The van der Waals surface area contributed by atoms with E-state index >= 15 is 0 Å². The fourth-order valence-corrected chi connectivity index (χ4v) is 1.86. The van der Waals surface area contributed by atoms with Gasteiger partial charge in [-0.2, -0.15) is 0 Å². The highest BCUT2D eigenvalue weighted by atomic mass is 127. The van der Waals surface area contributed by atoms with E-state index in [4.69, 9.17) is 12.2 Å². The van der Waals surface area contributed by atoms with Gasteiger partial charge in [-0.15, -0.1) is 12.3 Å². The van der Waals surface area contributed by atoms with Crippen molar-refractivity contribution in [1.82, 2.24) is 0 Å². The Morgan fingerprint density at radius 3 is 2.94 bits per heavy atom. The van der Waals surface area contributed by atoms with E-state index in [1.807, 2.05) is 25.1 Å². The molecule has 0 aromatic heterocycles. The molecule has 0 bridgehead atoms. The topological polar surface area (TPSA) is 55.1 Å². The first kappa shape index (κ1) is 13.0. The lowest BCUT2D eigenvalue weighted by Crippen LogP contribution is -2.35. The molecular weight excluding hydrogens is 315 g/mol. The van der Waals surface area contributed by atoms with Crippen molar-refractivity contribution in [2.45, 2.75) is 19.4 Å². The molecule has 0 aliphatic carbocycles. The molecule has 0 radical (unpaired) electrons. The second-order valence-electron chi connectivity index (χ2n) is 3.46. The van der Waals surface area contributed by atoms with E-state index in [1.54, 1.807) is 0 Å². The third-order valence-corrected chi connectivity index (χ3v) is 2.79. The number of benzene rings is 1. The third-order valence-electron chi connectivity index (χ3n) is 2.12. The normalized spacial score (nSPS) is 11.6. The summed E-state index contributed by atoms with van der Waals surface area (Å²) >= 11 is 2.22. The van der Waals surface area contributed by atoms with Gasteiger partial charge < -0.3 is 11.1 Å². The molecule has 0 fully saturated rings. The van der Waals surface area contributed by atoms with Gasteiger partial charge in [-0.05, 0) is 53.3 Å². The summed E-state index contributed by atoms with van der Waals surface area (Å²) in [6.45, 7) is 1.94. The average molecular weight is 328 g/mol. The van der Waals surface area contributed by atoms with Crippen molar-refractivity contribution in [1.29, 1.82) is 0 Å². The molecule has 0 spiro atoms. The average Bonchev–Trinajstić information content (AvgIpc) is 2.22. The van der Waals surface area contributed by atoms with E-state index in [2.05, 4.69) is 33.8 Å². The number of hydrogen-bond donors (Lipinski definition) is 2. The minimum Gasteiger partial charge on any atom is -0.324 e. The highest BCUT2D eigenvalue weighted by Crippen LogP contribution is 2.17. The predicted octanol–water partition coefficient (Wildman–Crippen LogP) is 1.89. The molecule has 1 atom stereocenters. The van der Waals surface area contributed by atoms with Crippen molar-refractivity contribution in [3.8, 4) is 12.3 Å². The van der Waals surface area contributed by atoms with Crippen LogP contribution in [0.2, 0.25) is 0 Å². The number of hydrogen-bond acceptors (Lipinski definition) is 2. The lowest BCUT2D eigenvalue weighted by Gasteiger charge is -2.11. The van der Waals surface area contributed by atoms with Crippen LogP contribution in [0.3, 0.4) is 0 Å². The number of carbonyl (C=O) groups excluding carboxylic acids is 1. The van der Waals surface area contributed by atoms with Gasteiger partial charge in [0.05, 0.1) is 6.04 Å².